The van der Waals surface area contributed by atoms with Crippen LogP contribution in [0.15, 0.2) is 42.7 Å². The van der Waals surface area contributed by atoms with Gasteiger partial charge < -0.3 is 5.11 Å². The Kier molecular flexibility index (Phi) is 3.77. The molecule has 1 aromatic carbocycles. The number of hydrogen-bond acceptors (Lipinski definition) is 2. The minimum Gasteiger partial charge on any atom is -0.388 e. The summed E-state index contributed by atoms with van der Waals surface area (Å²) >= 11 is 5.94. The summed E-state index contributed by atoms with van der Waals surface area (Å²) in [6.45, 7) is 1.97. The minimum absolute atomic E-state index is 0.531. The van der Waals surface area contributed by atoms with Crippen molar-refractivity contribution in [3.05, 3.63) is 64.4 Å². The van der Waals surface area contributed by atoms with Crippen LogP contribution in [0, 0.1) is 6.92 Å². The highest BCUT2D eigenvalue weighted by molar-refractivity contribution is 6.30. The lowest BCUT2D eigenvalue weighted by Crippen LogP contribution is -2.04. The highest BCUT2D eigenvalue weighted by atomic mass is 35.5. The van der Waals surface area contributed by atoms with Crippen LogP contribution in [-0.4, -0.2) is 10.1 Å². The Morgan fingerprint density at radius 1 is 1.24 bits per heavy atom. The molecule has 0 radical (unpaired) electrons. The second-order valence-corrected chi connectivity index (χ2v) is 4.51. The van der Waals surface area contributed by atoms with E-state index in [9.17, 15) is 5.11 Å². The molecule has 0 saturated carbocycles. The number of pyridine rings is 1. The fourth-order valence-corrected chi connectivity index (χ4v) is 2.00. The first-order valence-electron chi connectivity index (χ1n) is 5.50. The molecule has 0 amide bonds. The van der Waals surface area contributed by atoms with Crippen LogP contribution in [0.5, 0.6) is 0 Å². The van der Waals surface area contributed by atoms with Gasteiger partial charge in [-0.1, -0.05) is 17.7 Å². The molecule has 2 nitrogen and oxygen atoms in total. The predicted molar refractivity (Wildman–Crippen MR) is 69.1 cm³/mol. The molecular formula is C14H14ClNO. The van der Waals surface area contributed by atoms with Crippen molar-refractivity contribution in [3.63, 3.8) is 0 Å². The fourth-order valence-electron chi connectivity index (χ4n) is 1.82. The number of rotatable bonds is 3. The topological polar surface area (TPSA) is 33.1 Å². The van der Waals surface area contributed by atoms with Gasteiger partial charge in [-0.15, -0.1) is 0 Å². The maximum Gasteiger partial charge on any atom is 0.0833 e. The second-order valence-electron chi connectivity index (χ2n) is 4.08. The van der Waals surface area contributed by atoms with Crippen molar-refractivity contribution in [2.24, 2.45) is 0 Å². The standard InChI is InChI=1S/C14H14ClNO/c1-10-2-3-12(15)9-13(10)14(17)8-11-4-6-16-7-5-11/h2-7,9,14,17H,8H2,1H3. The van der Waals surface area contributed by atoms with Crippen LogP contribution >= 0.6 is 11.6 Å². The zero-order valence-electron chi connectivity index (χ0n) is 9.60. The number of aliphatic hydroxyl groups is 1. The van der Waals surface area contributed by atoms with Crippen molar-refractivity contribution >= 4 is 11.6 Å². The summed E-state index contributed by atoms with van der Waals surface area (Å²) in [6, 6.07) is 9.39. The summed E-state index contributed by atoms with van der Waals surface area (Å²) in [7, 11) is 0. The number of halogens is 1. The Balaban J connectivity index is 2.20. The molecule has 3 heteroatoms. The Hall–Kier alpha value is -1.38. The van der Waals surface area contributed by atoms with Gasteiger partial charge in [0.05, 0.1) is 6.10 Å². The maximum atomic E-state index is 10.2. The van der Waals surface area contributed by atoms with Gasteiger partial charge in [0.25, 0.3) is 0 Å². The molecule has 0 aliphatic carbocycles. The van der Waals surface area contributed by atoms with E-state index in [1.165, 1.54) is 0 Å². The van der Waals surface area contributed by atoms with Crippen molar-refractivity contribution in [2.75, 3.05) is 0 Å². The monoisotopic (exact) mass is 247 g/mol. The minimum atomic E-state index is -0.531. The lowest BCUT2D eigenvalue weighted by Gasteiger charge is -2.14. The van der Waals surface area contributed by atoms with Crippen LogP contribution in [0.3, 0.4) is 0 Å². The molecule has 1 N–H and O–H groups in total. The van der Waals surface area contributed by atoms with Crippen LogP contribution in [0.1, 0.15) is 22.8 Å². The van der Waals surface area contributed by atoms with Gasteiger partial charge in [0.1, 0.15) is 0 Å². The lowest BCUT2D eigenvalue weighted by atomic mass is 9.98. The van der Waals surface area contributed by atoms with E-state index < -0.39 is 6.10 Å². The second kappa shape index (κ2) is 5.30. The number of hydrogen-bond donors (Lipinski definition) is 1. The third kappa shape index (κ3) is 3.05. The molecular weight excluding hydrogens is 234 g/mol. The van der Waals surface area contributed by atoms with Crippen LogP contribution in [-0.2, 0) is 6.42 Å². The van der Waals surface area contributed by atoms with Crippen LogP contribution in [0.25, 0.3) is 0 Å². The molecule has 0 bridgehead atoms. The summed E-state index contributed by atoms with van der Waals surface area (Å²) in [5.74, 6) is 0. The average Bonchev–Trinajstić information content (AvgIpc) is 2.33. The summed E-state index contributed by atoms with van der Waals surface area (Å²) in [6.07, 6.45) is 3.50. The van der Waals surface area contributed by atoms with E-state index in [0.717, 1.165) is 16.7 Å². The number of aromatic nitrogens is 1. The van der Waals surface area contributed by atoms with E-state index in [2.05, 4.69) is 4.98 Å². The molecule has 1 heterocycles. The fraction of sp³-hybridized carbons (Fsp3) is 0.214. The zero-order chi connectivity index (χ0) is 12.3. The number of nitrogens with zero attached hydrogens (tertiary/aromatic N) is 1. The Labute approximate surface area is 106 Å². The molecule has 1 aromatic heterocycles. The normalized spacial score (nSPS) is 12.4. The van der Waals surface area contributed by atoms with E-state index in [4.69, 9.17) is 11.6 Å². The van der Waals surface area contributed by atoms with Crippen molar-refractivity contribution in [3.8, 4) is 0 Å². The molecule has 0 aliphatic rings. The van der Waals surface area contributed by atoms with Crippen molar-refractivity contribution < 1.29 is 5.11 Å². The van der Waals surface area contributed by atoms with E-state index in [1.54, 1.807) is 12.4 Å². The Morgan fingerprint density at radius 3 is 2.65 bits per heavy atom. The third-order valence-electron chi connectivity index (χ3n) is 2.78. The molecule has 2 aromatic rings. The summed E-state index contributed by atoms with van der Waals surface area (Å²) in [4.78, 5) is 3.95. The molecule has 17 heavy (non-hydrogen) atoms. The summed E-state index contributed by atoms with van der Waals surface area (Å²) < 4.78 is 0. The van der Waals surface area contributed by atoms with Gasteiger partial charge in [-0.25, -0.2) is 0 Å². The molecule has 0 fully saturated rings. The first-order valence-corrected chi connectivity index (χ1v) is 5.87. The zero-order valence-corrected chi connectivity index (χ0v) is 10.4. The van der Waals surface area contributed by atoms with Crippen molar-refractivity contribution in [2.45, 2.75) is 19.4 Å². The number of aliphatic hydroxyl groups excluding tert-OH is 1. The summed E-state index contributed by atoms with van der Waals surface area (Å²) in [5.41, 5.74) is 3.00. The molecule has 88 valence electrons. The van der Waals surface area contributed by atoms with Gasteiger partial charge in [0.2, 0.25) is 0 Å². The van der Waals surface area contributed by atoms with Gasteiger partial charge in [-0.3, -0.25) is 4.98 Å². The number of benzene rings is 1. The Morgan fingerprint density at radius 2 is 1.94 bits per heavy atom. The smallest absolute Gasteiger partial charge is 0.0833 e. The lowest BCUT2D eigenvalue weighted by molar-refractivity contribution is 0.177. The third-order valence-corrected chi connectivity index (χ3v) is 3.01. The van der Waals surface area contributed by atoms with E-state index >= 15 is 0 Å². The average molecular weight is 248 g/mol. The Bertz CT molecular complexity index is 499. The molecule has 1 atom stereocenters. The maximum absolute atomic E-state index is 10.2. The first-order chi connectivity index (χ1) is 8.16. The predicted octanol–water partition coefficient (Wildman–Crippen LogP) is 3.32. The highest BCUT2D eigenvalue weighted by Crippen LogP contribution is 2.24. The van der Waals surface area contributed by atoms with Gasteiger partial charge >= 0.3 is 0 Å². The van der Waals surface area contributed by atoms with Gasteiger partial charge in [-0.05, 0) is 47.9 Å². The molecule has 0 aliphatic heterocycles. The van der Waals surface area contributed by atoms with Crippen molar-refractivity contribution in [1.82, 2.24) is 4.98 Å². The van der Waals surface area contributed by atoms with E-state index in [0.29, 0.717) is 11.4 Å². The molecule has 1 unspecified atom stereocenters. The SMILES string of the molecule is Cc1ccc(Cl)cc1C(O)Cc1ccncc1. The van der Waals surface area contributed by atoms with Crippen LogP contribution in [0.4, 0.5) is 0 Å². The highest BCUT2D eigenvalue weighted by Gasteiger charge is 2.11. The van der Waals surface area contributed by atoms with Crippen LogP contribution in [0.2, 0.25) is 5.02 Å². The van der Waals surface area contributed by atoms with Gasteiger partial charge in [0, 0.05) is 23.8 Å². The molecule has 0 spiro atoms. The van der Waals surface area contributed by atoms with Crippen molar-refractivity contribution in [1.29, 1.82) is 0 Å². The first kappa shape index (κ1) is 12.1. The molecule has 0 saturated heterocycles. The summed E-state index contributed by atoms with van der Waals surface area (Å²) in [5, 5.41) is 10.9. The van der Waals surface area contributed by atoms with E-state index in [-0.39, 0.29) is 0 Å². The number of aryl methyl sites for hydroxylation is 1. The van der Waals surface area contributed by atoms with Gasteiger partial charge in [-0.2, -0.15) is 0 Å². The largest absolute Gasteiger partial charge is 0.388 e. The van der Waals surface area contributed by atoms with Crippen LogP contribution < -0.4 is 0 Å². The van der Waals surface area contributed by atoms with E-state index in [1.807, 2.05) is 37.3 Å². The molecule has 2 rings (SSSR count). The quantitative estimate of drug-likeness (QED) is 0.903. The van der Waals surface area contributed by atoms with Gasteiger partial charge in [0.15, 0.2) is 0 Å².